The van der Waals surface area contributed by atoms with E-state index in [4.69, 9.17) is 9.15 Å². The van der Waals surface area contributed by atoms with Crippen molar-refractivity contribution < 1.29 is 18.7 Å². The Labute approximate surface area is 143 Å². The molecular weight excluding hydrogens is 308 g/mol. The zero-order valence-corrected chi connectivity index (χ0v) is 15.0. The summed E-state index contributed by atoms with van der Waals surface area (Å²) in [5.74, 6) is 1.00. The standard InChI is InChI=1S/C18H28N2O4/c1-5-14-10-11-15(23-14)16(21)19-12-6-8-13(9-7-12)20-17(22)24-18(2,3)4/h10-13H,5-9H2,1-4H3,(H,19,21)(H,20,22). The minimum atomic E-state index is -0.490. The van der Waals surface area contributed by atoms with Crippen molar-refractivity contribution in [2.75, 3.05) is 0 Å². The van der Waals surface area contributed by atoms with Gasteiger partial charge in [-0.25, -0.2) is 4.79 Å². The summed E-state index contributed by atoms with van der Waals surface area (Å²) in [7, 11) is 0. The number of alkyl carbamates (subject to hydrolysis) is 1. The molecule has 6 nitrogen and oxygen atoms in total. The van der Waals surface area contributed by atoms with E-state index < -0.39 is 5.60 Å². The Balaban J connectivity index is 1.74. The van der Waals surface area contributed by atoms with Crippen LogP contribution in [-0.4, -0.2) is 29.7 Å². The summed E-state index contributed by atoms with van der Waals surface area (Å²) < 4.78 is 10.7. The van der Waals surface area contributed by atoms with Gasteiger partial charge in [-0.2, -0.15) is 0 Å². The summed E-state index contributed by atoms with van der Waals surface area (Å²) >= 11 is 0. The summed E-state index contributed by atoms with van der Waals surface area (Å²) in [4.78, 5) is 24.0. The SMILES string of the molecule is CCc1ccc(C(=O)NC2CCC(NC(=O)OC(C)(C)C)CC2)o1. The Hall–Kier alpha value is -1.98. The Morgan fingerprint density at radius 1 is 1.12 bits per heavy atom. The molecule has 2 amide bonds. The minimum Gasteiger partial charge on any atom is -0.456 e. The molecule has 1 saturated carbocycles. The van der Waals surface area contributed by atoms with E-state index in [9.17, 15) is 9.59 Å². The van der Waals surface area contributed by atoms with Crippen molar-refractivity contribution in [2.45, 2.75) is 77.5 Å². The third-order valence-electron chi connectivity index (χ3n) is 4.02. The van der Waals surface area contributed by atoms with Crippen LogP contribution >= 0.6 is 0 Å². The average molecular weight is 336 g/mol. The van der Waals surface area contributed by atoms with Crippen molar-refractivity contribution in [1.82, 2.24) is 10.6 Å². The molecule has 0 aromatic carbocycles. The van der Waals surface area contributed by atoms with Gasteiger partial charge >= 0.3 is 6.09 Å². The van der Waals surface area contributed by atoms with Gasteiger partial charge in [0, 0.05) is 18.5 Å². The Morgan fingerprint density at radius 2 is 1.71 bits per heavy atom. The van der Waals surface area contributed by atoms with E-state index in [-0.39, 0.29) is 24.1 Å². The van der Waals surface area contributed by atoms with Gasteiger partial charge in [-0.05, 0) is 58.6 Å². The number of rotatable bonds is 4. The molecule has 1 aromatic heterocycles. The number of carbonyl (C=O) groups excluding carboxylic acids is 2. The van der Waals surface area contributed by atoms with Crippen molar-refractivity contribution in [2.24, 2.45) is 0 Å². The van der Waals surface area contributed by atoms with E-state index in [1.54, 1.807) is 6.07 Å². The van der Waals surface area contributed by atoms with Gasteiger partial charge in [-0.15, -0.1) is 0 Å². The number of hydrogen-bond donors (Lipinski definition) is 2. The Kier molecular flexibility index (Phi) is 5.91. The molecule has 134 valence electrons. The highest BCUT2D eigenvalue weighted by Gasteiger charge is 2.26. The second kappa shape index (κ2) is 7.73. The first-order valence-corrected chi connectivity index (χ1v) is 8.66. The maximum atomic E-state index is 12.2. The fraction of sp³-hybridized carbons (Fsp3) is 0.667. The monoisotopic (exact) mass is 336 g/mol. The molecule has 0 radical (unpaired) electrons. The molecule has 0 spiro atoms. The van der Waals surface area contributed by atoms with Gasteiger partial charge in [0.15, 0.2) is 5.76 Å². The topological polar surface area (TPSA) is 80.6 Å². The van der Waals surface area contributed by atoms with E-state index >= 15 is 0 Å². The number of carbonyl (C=O) groups is 2. The van der Waals surface area contributed by atoms with Crippen LogP contribution in [0.25, 0.3) is 0 Å². The average Bonchev–Trinajstić information content (AvgIpc) is 2.96. The predicted octanol–water partition coefficient (Wildman–Crippen LogP) is 3.41. The lowest BCUT2D eigenvalue weighted by atomic mass is 9.91. The second-order valence-corrected chi connectivity index (χ2v) is 7.29. The smallest absolute Gasteiger partial charge is 0.407 e. The number of ether oxygens (including phenoxy) is 1. The van der Waals surface area contributed by atoms with Gasteiger partial charge < -0.3 is 19.8 Å². The molecule has 0 saturated heterocycles. The van der Waals surface area contributed by atoms with Crippen molar-refractivity contribution in [3.05, 3.63) is 23.7 Å². The lowest BCUT2D eigenvalue weighted by molar-refractivity contribution is 0.0487. The molecule has 1 aromatic rings. The zero-order valence-electron chi connectivity index (χ0n) is 15.0. The molecule has 2 rings (SSSR count). The summed E-state index contributed by atoms with van der Waals surface area (Å²) in [6, 6.07) is 3.76. The minimum absolute atomic E-state index is 0.100. The van der Waals surface area contributed by atoms with Crippen LogP contribution in [0.1, 0.15) is 69.7 Å². The van der Waals surface area contributed by atoms with Gasteiger partial charge in [-0.1, -0.05) is 6.92 Å². The summed E-state index contributed by atoms with van der Waals surface area (Å²) in [5.41, 5.74) is -0.490. The molecule has 1 heterocycles. The van der Waals surface area contributed by atoms with Gasteiger partial charge in [-0.3, -0.25) is 4.79 Å². The highest BCUT2D eigenvalue weighted by atomic mass is 16.6. The van der Waals surface area contributed by atoms with Crippen LogP contribution in [0.3, 0.4) is 0 Å². The molecule has 2 N–H and O–H groups in total. The van der Waals surface area contributed by atoms with Crippen molar-refractivity contribution in [3.63, 3.8) is 0 Å². The molecule has 1 aliphatic rings. The first-order valence-electron chi connectivity index (χ1n) is 8.66. The third kappa shape index (κ3) is 5.58. The molecule has 1 aliphatic carbocycles. The van der Waals surface area contributed by atoms with Gasteiger partial charge in [0.1, 0.15) is 11.4 Å². The highest BCUT2D eigenvalue weighted by Crippen LogP contribution is 2.20. The summed E-state index contributed by atoms with van der Waals surface area (Å²) in [6.45, 7) is 7.52. The van der Waals surface area contributed by atoms with E-state index in [2.05, 4.69) is 10.6 Å². The van der Waals surface area contributed by atoms with Crippen LogP contribution in [-0.2, 0) is 11.2 Å². The fourth-order valence-electron chi connectivity index (χ4n) is 2.80. The van der Waals surface area contributed by atoms with Gasteiger partial charge in [0.05, 0.1) is 0 Å². The Bertz CT molecular complexity index is 566. The lowest BCUT2D eigenvalue weighted by Crippen LogP contribution is -2.45. The normalized spacial score (nSPS) is 21.2. The predicted molar refractivity (Wildman–Crippen MR) is 91.0 cm³/mol. The summed E-state index contributed by atoms with van der Waals surface area (Å²) in [6.07, 6.45) is 3.69. The van der Waals surface area contributed by atoms with Crippen LogP contribution in [0.2, 0.25) is 0 Å². The third-order valence-corrected chi connectivity index (χ3v) is 4.02. The molecular formula is C18H28N2O4. The number of nitrogens with one attached hydrogen (secondary N) is 2. The summed E-state index contributed by atoms with van der Waals surface area (Å²) in [5, 5.41) is 5.91. The molecule has 0 atom stereocenters. The van der Waals surface area contributed by atoms with Crippen LogP contribution in [0, 0.1) is 0 Å². The van der Waals surface area contributed by atoms with Crippen molar-refractivity contribution >= 4 is 12.0 Å². The fourth-order valence-corrected chi connectivity index (χ4v) is 2.80. The van der Waals surface area contributed by atoms with E-state index in [1.165, 1.54) is 0 Å². The maximum absolute atomic E-state index is 12.2. The van der Waals surface area contributed by atoms with Crippen LogP contribution in [0.15, 0.2) is 16.5 Å². The lowest BCUT2D eigenvalue weighted by Gasteiger charge is -2.30. The maximum Gasteiger partial charge on any atom is 0.407 e. The van der Waals surface area contributed by atoms with Crippen LogP contribution in [0.4, 0.5) is 4.79 Å². The molecule has 0 aliphatic heterocycles. The van der Waals surface area contributed by atoms with Crippen LogP contribution < -0.4 is 10.6 Å². The quantitative estimate of drug-likeness (QED) is 0.883. The van der Waals surface area contributed by atoms with Crippen molar-refractivity contribution in [1.29, 1.82) is 0 Å². The molecule has 0 bridgehead atoms. The van der Waals surface area contributed by atoms with Crippen molar-refractivity contribution in [3.8, 4) is 0 Å². The van der Waals surface area contributed by atoms with Gasteiger partial charge in [0.2, 0.25) is 0 Å². The Morgan fingerprint density at radius 3 is 2.21 bits per heavy atom. The number of furan rings is 1. The first kappa shape index (κ1) is 18.4. The molecule has 0 unspecified atom stereocenters. The van der Waals surface area contributed by atoms with E-state index in [0.29, 0.717) is 5.76 Å². The zero-order chi connectivity index (χ0) is 17.7. The largest absolute Gasteiger partial charge is 0.456 e. The number of amides is 2. The molecule has 6 heteroatoms. The molecule has 24 heavy (non-hydrogen) atoms. The van der Waals surface area contributed by atoms with E-state index in [1.807, 2.05) is 33.8 Å². The van der Waals surface area contributed by atoms with E-state index in [0.717, 1.165) is 37.9 Å². The highest BCUT2D eigenvalue weighted by molar-refractivity contribution is 5.91. The second-order valence-electron chi connectivity index (χ2n) is 7.29. The number of aryl methyl sites for hydroxylation is 1. The molecule has 1 fully saturated rings. The number of hydrogen-bond acceptors (Lipinski definition) is 4. The van der Waals surface area contributed by atoms with Crippen LogP contribution in [0.5, 0.6) is 0 Å². The first-order chi connectivity index (χ1) is 11.3. The van der Waals surface area contributed by atoms with Gasteiger partial charge in [0.25, 0.3) is 5.91 Å².